The highest BCUT2D eigenvalue weighted by molar-refractivity contribution is 7.92. The van der Waals surface area contributed by atoms with Gasteiger partial charge in [-0.1, -0.05) is 12.1 Å². The number of nitrogens with one attached hydrogen (secondary N) is 2. The van der Waals surface area contributed by atoms with Crippen LogP contribution < -0.4 is 15.4 Å². The van der Waals surface area contributed by atoms with Gasteiger partial charge in [0.2, 0.25) is 5.91 Å². The molecular formula is C31H27F4N3O7S. The lowest BCUT2D eigenvalue weighted by Gasteiger charge is -2.31. The molecule has 46 heavy (non-hydrogen) atoms. The summed E-state index contributed by atoms with van der Waals surface area (Å²) >= 11 is 0. The first-order valence-electron chi connectivity index (χ1n) is 14.0. The Labute approximate surface area is 260 Å². The maximum absolute atomic E-state index is 15.1. The molecule has 3 N–H and O–H groups in total. The molecule has 0 unspecified atom stereocenters. The predicted octanol–water partition coefficient (Wildman–Crippen LogP) is 5.07. The number of methoxy groups -OCH3 is 1. The van der Waals surface area contributed by atoms with E-state index >= 15 is 4.39 Å². The van der Waals surface area contributed by atoms with Gasteiger partial charge >= 0.3 is 11.5 Å². The number of nitrogens with zero attached hydrogens (tertiary/aromatic N) is 1. The lowest BCUT2D eigenvalue weighted by atomic mass is 9.83. The number of hydrogen-bond acceptors (Lipinski definition) is 7. The molecule has 2 amide bonds. The van der Waals surface area contributed by atoms with Gasteiger partial charge in [-0.2, -0.15) is 13.2 Å². The van der Waals surface area contributed by atoms with Crippen LogP contribution in [0, 0.1) is 23.6 Å². The van der Waals surface area contributed by atoms with E-state index in [4.69, 9.17) is 9.84 Å². The summed E-state index contributed by atoms with van der Waals surface area (Å²) in [4.78, 5) is 40.9. The van der Waals surface area contributed by atoms with E-state index in [0.717, 1.165) is 36.8 Å². The van der Waals surface area contributed by atoms with E-state index < -0.39 is 55.8 Å². The Kier molecular flexibility index (Phi) is 8.89. The molecule has 10 nitrogen and oxygen atoms in total. The number of sulfone groups is 1. The second-order valence-corrected chi connectivity index (χ2v) is 12.9. The van der Waals surface area contributed by atoms with E-state index in [2.05, 4.69) is 15.6 Å². The van der Waals surface area contributed by atoms with Crippen molar-refractivity contribution in [2.45, 2.75) is 35.7 Å². The summed E-state index contributed by atoms with van der Waals surface area (Å²) in [6.07, 6.45) is 5.51. The third-order valence-corrected chi connectivity index (χ3v) is 9.75. The Morgan fingerprint density at radius 1 is 1.07 bits per heavy atom. The Morgan fingerprint density at radius 2 is 1.80 bits per heavy atom. The highest BCUT2D eigenvalue weighted by Gasteiger charge is 2.52. The quantitative estimate of drug-likeness (QED) is 0.212. The van der Waals surface area contributed by atoms with E-state index in [1.807, 2.05) is 0 Å². The van der Waals surface area contributed by atoms with Gasteiger partial charge in [0.15, 0.2) is 0 Å². The fourth-order valence-electron chi connectivity index (χ4n) is 6.15. The minimum atomic E-state index is -5.64. The molecule has 2 fully saturated rings. The van der Waals surface area contributed by atoms with Gasteiger partial charge in [-0.15, -0.1) is 0 Å². The number of hydrogen-bond donors (Lipinski definition) is 3. The number of pyridine rings is 1. The summed E-state index contributed by atoms with van der Waals surface area (Å²) in [5.74, 6) is -4.17. The Morgan fingerprint density at radius 3 is 2.46 bits per heavy atom. The number of aliphatic carboxylic acids is 1. The van der Waals surface area contributed by atoms with Gasteiger partial charge < -0.3 is 20.5 Å². The monoisotopic (exact) mass is 661 g/mol. The first-order valence-corrected chi connectivity index (χ1v) is 15.5. The molecule has 0 aliphatic heterocycles. The molecular weight excluding hydrogens is 634 g/mol. The number of alkyl halides is 3. The predicted molar refractivity (Wildman–Crippen MR) is 157 cm³/mol. The van der Waals surface area contributed by atoms with Crippen LogP contribution in [0.2, 0.25) is 0 Å². The second kappa shape index (κ2) is 12.5. The number of benzene rings is 2. The number of fused-ring (bicyclic) bond motifs is 2. The maximum atomic E-state index is 15.1. The summed E-state index contributed by atoms with van der Waals surface area (Å²) in [6, 6.07) is 8.49. The van der Waals surface area contributed by atoms with Crippen LogP contribution in [0.4, 0.5) is 23.2 Å². The van der Waals surface area contributed by atoms with Crippen LogP contribution in [0.25, 0.3) is 17.2 Å². The van der Waals surface area contributed by atoms with E-state index in [1.165, 1.54) is 43.6 Å². The molecule has 0 saturated heterocycles. The van der Waals surface area contributed by atoms with Gasteiger partial charge in [0.05, 0.1) is 29.2 Å². The number of carboxylic acids is 1. The fraction of sp³-hybridized carbons (Fsp3) is 0.290. The van der Waals surface area contributed by atoms with Crippen LogP contribution in [0.15, 0.2) is 65.7 Å². The van der Waals surface area contributed by atoms with Crippen LogP contribution >= 0.6 is 0 Å². The number of carbonyl (C=O) groups is 3. The highest BCUT2D eigenvalue weighted by Crippen LogP contribution is 2.49. The van der Waals surface area contributed by atoms with Crippen molar-refractivity contribution in [2.24, 2.45) is 17.8 Å². The average molecular weight is 662 g/mol. The Hall–Kier alpha value is -4.79. The van der Waals surface area contributed by atoms with Crippen molar-refractivity contribution in [1.29, 1.82) is 0 Å². The van der Waals surface area contributed by atoms with Gasteiger partial charge in [0, 0.05) is 41.2 Å². The van der Waals surface area contributed by atoms with Crippen molar-refractivity contribution in [1.82, 2.24) is 10.3 Å². The van der Waals surface area contributed by atoms with Crippen molar-refractivity contribution in [3.8, 4) is 16.9 Å². The lowest BCUT2D eigenvalue weighted by molar-refractivity contribution is -0.131. The van der Waals surface area contributed by atoms with Gasteiger partial charge in [-0.05, 0) is 67.5 Å². The number of carbonyl (C=O) groups excluding carboxylic acids is 2. The topological polar surface area (TPSA) is 152 Å². The first kappa shape index (κ1) is 32.6. The summed E-state index contributed by atoms with van der Waals surface area (Å²) in [6.45, 7) is 0. The largest absolute Gasteiger partial charge is 0.501 e. The standard InChI is InChI=1S/C31H27F4N3O7S/c1-45-25-14-24(32)22(18-7-8-19(36-15-18)9-10-26(39)40)13-23(25)29(41)38-28-17-6-5-16(11-17)27(28)30(42)37-20-3-2-4-21(12-20)46(43,44)31(33,34)35/h2-4,7-10,12-17,27-28H,5-6,11H2,1H3,(H,37,42)(H,38,41)(H,39,40)/b10-9+/t16-,17+,27+,28-/m1/s1. The van der Waals surface area contributed by atoms with Crippen LogP contribution in [0.1, 0.15) is 35.3 Å². The molecule has 2 aliphatic carbocycles. The molecule has 2 saturated carbocycles. The minimum absolute atomic E-state index is 0.0168. The summed E-state index contributed by atoms with van der Waals surface area (Å²) in [5, 5.41) is 14.2. The van der Waals surface area contributed by atoms with Gasteiger partial charge in [0.25, 0.3) is 15.7 Å². The first-order chi connectivity index (χ1) is 21.7. The molecule has 3 aromatic rings. The van der Waals surface area contributed by atoms with Crippen LogP contribution in [-0.2, 0) is 19.4 Å². The number of rotatable bonds is 9. The summed E-state index contributed by atoms with van der Waals surface area (Å²) < 4.78 is 83.3. The third kappa shape index (κ3) is 6.45. The number of anilines is 1. The van der Waals surface area contributed by atoms with Crippen molar-refractivity contribution in [3.05, 3.63) is 77.9 Å². The van der Waals surface area contributed by atoms with Crippen LogP contribution in [0.5, 0.6) is 5.75 Å². The third-order valence-electron chi connectivity index (χ3n) is 8.26. The van der Waals surface area contributed by atoms with E-state index in [9.17, 15) is 36.0 Å². The van der Waals surface area contributed by atoms with Gasteiger partial charge in [0.1, 0.15) is 11.6 Å². The summed E-state index contributed by atoms with van der Waals surface area (Å²) in [7, 11) is -4.37. The normalized spacial score (nSPS) is 20.9. The van der Waals surface area contributed by atoms with Gasteiger partial charge in [-0.3, -0.25) is 14.6 Å². The SMILES string of the molecule is COc1cc(F)c(-c2ccc(/C=C/C(=O)O)nc2)cc1C(=O)N[C@@H]1[C@H]2CC[C@H](C2)[C@@H]1C(=O)Nc1cccc(S(=O)(=O)C(F)(F)F)c1. The number of amides is 2. The molecule has 1 heterocycles. The molecule has 4 atom stereocenters. The molecule has 1 aromatic heterocycles. The number of aromatic nitrogens is 1. The molecule has 0 radical (unpaired) electrons. The van der Waals surface area contributed by atoms with Crippen molar-refractivity contribution < 1.29 is 50.2 Å². The number of ether oxygens (including phenoxy) is 1. The molecule has 0 spiro atoms. The minimum Gasteiger partial charge on any atom is -0.496 e. The molecule has 2 aliphatic rings. The second-order valence-electron chi connectivity index (χ2n) is 11.0. The zero-order valence-electron chi connectivity index (χ0n) is 24.0. The molecule has 2 bridgehead atoms. The van der Waals surface area contributed by atoms with Crippen molar-refractivity contribution in [2.75, 3.05) is 12.4 Å². The van der Waals surface area contributed by atoms with Gasteiger partial charge in [-0.25, -0.2) is 17.6 Å². The molecule has 15 heteroatoms. The zero-order chi connectivity index (χ0) is 33.4. The lowest BCUT2D eigenvalue weighted by Crippen LogP contribution is -2.48. The Balaban J connectivity index is 1.38. The average Bonchev–Trinajstić information content (AvgIpc) is 3.62. The molecule has 242 valence electrons. The van der Waals surface area contributed by atoms with E-state index in [-0.39, 0.29) is 34.4 Å². The molecule has 2 aromatic carbocycles. The smallest absolute Gasteiger partial charge is 0.496 e. The van der Waals surface area contributed by atoms with Crippen molar-refractivity contribution >= 4 is 39.4 Å². The highest BCUT2D eigenvalue weighted by atomic mass is 32.2. The fourth-order valence-corrected chi connectivity index (χ4v) is 6.96. The molecule has 5 rings (SSSR count). The van der Waals surface area contributed by atoms with Crippen LogP contribution in [0.3, 0.4) is 0 Å². The summed E-state index contributed by atoms with van der Waals surface area (Å²) in [5.41, 5.74) is -5.06. The van der Waals surface area contributed by atoms with Crippen molar-refractivity contribution in [3.63, 3.8) is 0 Å². The van der Waals surface area contributed by atoms with E-state index in [1.54, 1.807) is 0 Å². The Bertz CT molecular complexity index is 1830. The maximum Gasteiger partial charge on any atom is 0.501 e. The van der Waals surface area contributed by atoms with E-state index in [0.29, 0.717) is 24.1 Å². The number of carboxylic acid groups (broad SMARTS) is 1. The van der Waals surface area contributed by atoms with Crippen LogP contribution in [-0.4, -0.2) is 55.0 Å². The number of halogens is 4. The zero-order valence-corrected chi connectivity index (χ0v) is 24.9.